The third-order valence-corrected chi connectivity index (χ3v) is 3.08. The molecular formula is C12H12FN. The highest BCUT2D eigenvalue weighted by atomic mass is 19.1. The Labute approximate surface area is 82.6 Å². The molecule has 1 nitrogen and oxygen atoms in total. The second kappa shape index (κ2) is 2.92. The van der Waals surface area contributed by atoms with Crippen LogP contribution in [0.1, 0.15) is 23.6 Å². The summed E-state index contributed by atoms with van der Waals surface area (Å²) in [6.07, 6.45) is 4.38. The van der Waals surface area contributed by atoms with Crippen LogP contribution in [0.15, 0.2) is 29.8 Å². The van der Waals surface area contributed by atoms with E-state index in [9.17, 15) is 4.39 Å². The fraction of sp³-hybridized carbons (Fsp3) is 0.333. The molecule has 0 saturated heterocycles. The van der Waals surface area contributed by atoms with Gasteiger partial charge in [-0.1, -0.05) is 12.1 Å². The van der Waals surface area contributed by atoms with Gasteiger partial charge in [0, 0.05) is 0 Å². The maximum Gasteiger partial charge on any atom is 0.123 e. The average Bonchev–Trinajstić information content (AvgIpc) is 2.56. The summed E-state index contributed by atoms with van der Waals surface area (Å²) in [6, 6.07) is 5.41. The van der Waals surface area contributed by atoms with Crippen LogP contribution in [0, 0.1) is 5.82 Å². The molecule has 0 aromatic heterocycles. The standard InChI is InChI=1S/C12H12FN/c13-10-4-3-8-6-9-2-1-5-14-12(9)11(8)7-10/h2-4,7,12,14H,1,5-6H2/t12-/m0/s1. The van der Waals surface area contributed by atoms with E-state index in [1.54, 1.807) is 12.1 Å². The second-order valence-corrected chi connectivity index (χ2v) is 3.97. The highest BCUT2D eigenvalue weighted by molar-refractivity contribution is 5.46. The number of hydrogen-bond donors (Lipinski definition) is 1. The lowest BCUT2D eigenvalue weighted by molar-refractivity contribution is 0.575. The van der Waals surface area contributed by atoms with Crippen molar-refractivity contribution in [3.63, 3.8) is 0 Å². The van der Waals surface area contributed by atoms with Gasteiger partial charge < -0.3 is 5.32 Å². The Morgan fingerprint density at radius 1 is 1.36 bits per heavy atom. The van der Waals surface area contributed by atoms with Gasteiger partial charge in [-0.25, -0.2) is 4.39 Å². The number of fused-ring (bicyclic) bond motifs is 3. The zero-order valence-corrected chi connectivity index (χ0v) is 7.89. The number of hydrogen-bond acceptors (Lipinski definition) is 1. The zero-order valence-electron chi connectivity index (χ0n) is 7.89. The summed E-state index contributed by atoms with van der Waals surface area (Å²) < 4.78 is 13.1. The van der Waals surface area contributed by atoms with E-state index < -0.39 is 0 Å². The lowest BCUT2D eigenvalue weighted by Crippen LogP contribution is -2.25. The van der Waals surface area contributed by atoms with Gasteiger partial charge in [0.2, 0.25) is 0 Å². The van der Waals surface area contributed by atoms with E-state index in [4.69, 9.17) is 0 Å². The minimum atomic E-state index is -0.127. The smallest absolute Gasteiger partial charge is 0.123 e. The molecule has 72 valence electrons. The van der Waals surface area contributed by atoms with Crippen LogP contribution in [0.4, 0.5) is 4.39 Å². The van der Waals surface area contributed by atoms with E-state index in [0.717, 1.165) is 24.9 Å². The SMILES string of the molecule is Fc1ccc2c(c1)[C@H]1NCCC=C1C2. The van der Waals surface area contributed by atoms with Crippen molar-refractivity contribution >= 4 is 0 Å². The maximum atomic E-state index is 13.1. The van der Waals surface area contributed by atoms with Crippen molar-refractivity contribution < 1.29 is 4.39 Å². The van der Waals surface area contributed by atoms with Crippen molar-refractivity contribution in [3.8, 4) is 0 Å². The predicted octanol–water partition coefficient (Wildman–Crippen LogP) is 2.34. The number of nitrogens with one attached hydrogen (secondary N) is 1. The van der Waals surface area contributed by atoms with E-state index in [1.165, 1.54) is 11.1 Å². The number of halogens is 1. The summed E-state index contributed by atoms with van der Waals surface area (Å²) >= 11 is 0. The van der Waals surface area contributed by atoms with Crippen LogP contribution in [-0.2, 0) is 6.42 Å². The molecule has 1 heterocycles. The average molecular weight is 189 g/mol. The van der Waals surface area contributed by atoms with Crippen LogP contribution in [0.3, 0.4) is 0 Å². The molecule has 1 N–H and O–H groups in total. The quantitative estimate of drug-likeness (QED) is 0.618. The zero-order chi connectivity index (χ0) is 9.54. The lowest BCUT2D eigenvalue weighted by Gasteiger charge is -2.20. The second-order valence-electron chi connectivity index (χ2n) is 3.97. The molecule has 1 aliphatic carbocycles. The molecule has 2 aliphatic rings. The van der Waals surface area contributed by atoms with Crippen LogP contribution in [0.25, 0.3) is 0 Å². The molecule has 0 amide bonds. The van der Waals surface area contributed by atoms with Crippen molar-refractivity contribution in [2.75, 3.05) is 6.54 Å². The normalized spacial score (nSPS) is 24.1. The molecule has 0 spiro atoms. The molecule has 14 heavy (non-hydrogen) atoms. The number of benzene rings is 1. The monoisotopic (exact) mass is 189 g/mol. The third kappa shape index (κ3) is 1.11. The fourth-order valence-corrected chi connectivity index (χ4v) is 2.43. The van der Waals surface area contributed by atoms with E-state index in [0.29, 0.717) is 0 Å². The van der Waals surface area contributed by atoms with E-state index in [1.807, 2.05) is 6.07 Å². The van der Waals surface area contributed by atoms with Gasteiger partial charge in [0.1, 0.15) is 5.82 Å². The van der Waals surface area contributed by atoms with Crippen molar-refractivity contribution in [3.05, 3.63) is 46.8 Å². The Bertz CT molecular complexity index is 409. The molecule has 1 aliphatic heterocycles. The Balaban J connectivity index is 2.12. The highest BCUT2D eigenvalue weighted by Gasteiger charge is 2.28. The minimum Gasteiger partial charge on any atom is -0.306 e. The molecule has 0 fully saturated rings. The Hall–Kier alpha value is -1.15. The molecule has 0 bridgehead atoms. The highest BCUT2D eigenvalue weighted by Crippen LogP contribution is 2.37. The van der Waals surface area contributed by atoms with E-state index >= 15 is 0 Å². The fourth-order valence-electron chi connectivity index (χ4n) is 2.43. The van der Waals surface area contributed by atoms with Gasteiger partial charge in [-0.05, 0) is 48.2 Å². The van der Waals surface area contributed by atoms with E-state index in [-0.39, 0.29) is 11.9 Å². The van der Waals surface area contributed by atoms with Crippen LogP contribution >= 0.6 is 0 Å². The van der Waals surface area contributed by atoms with Gasteiger partial charge in [0.05, 0.1) is 6.04 Å². The Morgan fingerprint density at radius 2 is 2.29 bits per heavy atom. The maximum absolute atomic E-state index is 13.1. The van der Waals surface area contributed by atoms with Crippen molar-refractivity contribution in [1.29, 1.82) is 0 Å². The summed E-state index contributed by atoms with van der Waals surface area (Å²) in [4.78, 5) is 0. The number of rotatable bonds is 0. The summed E-state index contributed by atoms with van der Waals surface area (Å²) in [7, 11) is 0. The first-order chi connectivity index (χ1) is 6.84. The summed E-state index contributed by atoms with van der Waals surface area (Å²) in [5.41, 5.74) is 3.82. The van der Waals surface area contributed by atoms with Crippen LogP contribution < -0.4 is 5.32 Å². The molecule has 1 aromatic rings. The summed E-state index contributed by atoms with van der Waals surface area (Å²) in [6.45, 7) is 1.00. The first kappa shape index (κ1) is 8.18. The van der Waals surface area contributed by atoms with Crippen LogP contribution in [0.5, 0.6) is 0 Å². The first-order valence-corrected chi connectivity index (χ1v) is 5.05. The molecule has 0 radical (unpaired) electrons. The third-order valence-electron chi connectivity index (χ3n) is 3.08. The lowest BCUT2D eigenvalue weighted by atomic mass is 10.0. The molecule has 2 heteroatoms. The van der Waals surface area contributed by atoms with Crippen LogP contribution in [0.2, 0.25) is 0 Å². The van der Waals surface area contributed by atoms with Crippen molar-refractivity contribution in [1.82, 2.24) is 5.32 Å². The molecule has 0 unspecified atom stereocenters. The van der Waals surface area contributed by atoms with Gasteiger partial charge >= 0.3 is 0 Å². The molecule has 3 rings (SSSR count). The summed E-state index contributed by atoms with van der Waals surface area (Å²) in [5.74, 6) is -0.127. The predicted molar refractivity (Wildman–Crippen MR) is 53.5 cm³/mol. The first-order valence-electron chi connectivity index (χ1n) is 5.05. The topological polar surface area (TPSA) is 12.0 Å². The summed E-state index contributed by atoms with van der Waals surface area (Å²) in [5, 5.41) is 3.43. The van der Waals surface area contributed by atoms with Gasteiger partial charge in [0.25, 0.3) is 0 Å². The van der Waals surface area contributed by atoms with Crippen LogP contribution in [-0.4, -0.2) is 6.54 Å². The van der Waals surface area contributed by atoms with E-state index in [2.05, 4.69) is 11.4 Å². The van der Waals surface area contributed by atoms with Gasteiger partial charge in [-0.3, -0.25) is 0 Å². The molecule has 1 aromatic carbocycles. The molecule has 0 saturated carbocycles. The minimum absolute atomic E-state index is 0.127. The largest absolute Gasteiger partial charge is 0.306 e. The van der Waals surface area contributed by atoms with Crippen molar-refractivity contribution in [2.24, 2.45) is 0 Å². The molecule has 1 atom stereocenters. The Kier molecular flexibility index (Phi) is 1.71. The van der Waals surface area contributed by atoms with Gasteiger partial charge in [0.15, 0.2) is 0 Å². The molecular weight excluding hydrogens is 177 g/mol. The van der Waals surface area contributed by atoms with Gasteiger partial charge in [-0.2, -0.15) is 0 Å². The Morgan fingerprint density at radius 3 is 3.21 bits per heavy atom. The van der Waals surface area contributed by atoms with Crippen molar-refractivity contribution in [2.45, 2.75) is 18.9 Å². The van der Waals surface area contributed by atoms with Gasteiger partial charge in [-0.15, -0.1) is 0 Å².